The number of anilines is 2. The molecule has 2 amide bonds. The predicted octanol–water partition coefficient (Wildman–Crippen LogP) is 5.07. The highest BCUT2D eigenvalue weighted by molar-refractivity contribution is 5.98. The Hall–Kier alpha value is -4.33. The van der Waals surface area contributed by atoms with Gasteiger partial charge in [-0.1, -0.05) is 35.5 Å². The highest BCUT2D eigenvalue weighted by atomic mass is 19.1. The molecule has 166 valence electrons. The molecule has 2 heterocycles. The number of amides is 2. The van der Waals surface area contributed by atoms with Gasteiger partial charge in [-0.15, -0.1) is 0 Å². The van der Waals surface area contributed by atoms with Gasteiger partial charge in [0.2, 0.25) is 17.7 Å². The van der Waals surface area contributed by atoms with Crippen molar-refractivity contribution in [2.24, 2.45) is 0 Å². The molecule has 0 aliphatic heterocycles. The Morgan fingerprint density at radius 3 is 2.45 bits per heavy atom. The first-order chi connectivity index (χ1) is 16.0. The van der Waals surface area contributed by atoms with Crippen LogP contribution in [0.15, 0.2) is 77.4 Å². The second kappa shape index (κ2) is 9.86. The summed E-state index contributed by atoms with van der Waals surface area (Å²) in [4.78, 5) is 28.2. The van der Waals surface area contributed by atoms with E-state index in [1.807, 2.05) is 30.3 Å². The summed E-state index contributed by atoms with van der Waals surface area (Å²) >= 11 is 0. The Labute approximate surface area is 189 Å². The van der Waals surface area contributed by atoms with Gasteiger partial charge in [-0.2, -0.15) is 0 Å². The topological polar surface area (TPSA) is 97.1 Å². The van der Waals surface area contributed by atoms with Gasteiger partial charge in [-0.3, -0.25) is 14.9 Å². The number of hydrogen-bond acceptors (Lipinski definition) is 5. The molecule has 2 aromatic carbocycles. The number of carbonyl (C=O) groups is 2. The molecular formula is C25H21FN4O3. The average Bonchev–Trinajstić information content (AvgIpc) is 3.22. The molecule has 8 heteroatoms. The fraction of sp³-hybridized carbons (Fsp3) is 0.120. The lowest BCUT2D eigenvalue weighted by Crippen LogP contribution is -2.12. The van der Waals surface area contributed by atoms with Gasteiger partial charge < -0.3 is 9.84 Å². The van der Waals surface area contributed by atoms with Gasteiger partial charge in [-0.05, 0) is 53.9 Å². The molecule has 0 atom stereocenters. The minimum Gasteiger partial charge on any atom is -0.337 e. The number of aromatic nitrogens is 2. The second-order valence-electron chi connectivity index (χ2n) is 7.39. The lowest BCUT2D eigenvalue weighted by atomic mass is 10.0. The first-order valence-electron chi connectivity index (χ1n) is 10.3. The summed E-state index contributed by atoms with van der Waals surface area (Å²) in [6.45, 7) is 1.39. The van der Waals surface area contributed by atoms with Crippen molar-refractivity contribution in [3.63, 3.8) is 0 Å². The third kappa shape index (κ3) is 5.48. The number of halogens is 1. The maximum absolute atomic E-state index is 13.5. The Balaban J connectivity index is 1.66. The van der Waals surface area contributed by atoms with Gasteiger partial charge in [0.25, 0.3) is 0 Å². The van der Waals surface area contributed by atoms with E-state index in [1.165, 1.54) is 25.3 Å². The Bertz CT molecular complexity index is 1270. The maximum Gasteiger partial charge on any atom is 0.239 e. The number of hydrogen-bond donors (Lipinski definition) is 2. The Morgan fingerprint density at radius 1 is 0.970 bits per heavy atom. The number of benzene rings is 2. The lowest BCUT2D eigenvalue weighted by molar-refractivity contribution is -0.116. The second-order valence-corrected chi connectivity index (χ2v) is 7.39. The molecule has 0 spiro atoms. The number of nitrogens with zero attached hydrogens (tertiary/aromatic N) is 2. The number of carbonyl (C=O) groups excluding carboxylic acids is 2. The summed E-state index contributed by atoms with van der Waals surface area (Å²) in [6, 6.07) is 18.8. The molecule has 0 fully saturated rings. The van der Waals surface area contributed by atoms with Gasteiger partial charge in [0.1, 0.15) is 17.3 Å². The van der Waals surface area contributed by atoms with Crippen molar-refractivity contribution in [3.8, 4) is 22.4 Å². The van der Waals surface area contributed by atoms with Crippen LogP contribution in [0.4, 0.5) is 16.1 Å². The maximum atomic E-state index is 13.5. The fourth-order valence-electron chi connectivity index (χ4n) is 3.37. The largest absolute Gasteiger partial charge is 0.337 e. The van der Waals surface area contributed by atoms with Crippen molar-refractivity contribution in [2.45, 2.75) is 19.8 Å². The first-order valence-corrected chi connectivity index (χ1v) is 10.3. The van der Waals surface area contributed by atoms with Crippen LogP contribution < -0.4 is 10.6 Å². The molecule has 0 radical (unpaired) electrons. The van der Waals surface area contributed by atoms with E-state index in [0.29, 0.717) is 34.6 Å². The van der Waals surface area contributed by atoms with Crippen LogP contribution in [-0.4, -0.2) is 22.0 Å². The van der Waals surface area contributed by atoms with Crippen LogP contribution in [0.1, 0.15) is 18.9 Å². The summed E-state index contributed by atoms with van der Waals surface area (Å²) in [5.74, 6) is -0.383. The molecule has 0 unspecified atom stereocenters. The van der Waals surface area contributed by atoms with E-state index in [9.17, 15) is 14.0 Å². The van der Waals surface area contributed by atoms with E-state index >= 15 is 0 Å². The minimum atomic E-state index is -0.380. The number of pyridine rings is 1. The minimum absolute atomic E-state index is 0.160. The third-order valence-corrected chi connectivity index (χ3v) is 4.90. The van der Waals surface area contributed by atoms with Crippen LogP contribution >= 0.6 is 0 Å². The zero-order chi connectivity index (χ0) is 23.2. The van der Waals surface area contributed by atoms with Crippen LogP contribution in [-0.2, 0) is 16.0 Å². The van der Waals surface area contributed by atoms with Gasteiger partial charge >= 0.3 is 0 Å². The highest BCUT2D eigenvalue weighted by Crippen LogP contribution is 2.38. The summed E-state index contributed by atoms with van der Waals surface area (Å²) in [7, 11) is 0. The molecule has 2 aromatic heterocycles. The summed E-state index contributed by atoms with van der Waals surface area (Å²) in [5.41, 5.74) is 3.20. The van der Waals surface area contributed by atoms with Crippen molar-refractivity contribution in [1.82, 2.24) is 10.1 Å². The number of nitrogens with one attached hydrogen (secondary N) is 2. The summed E-state index contributed by atoms with van der Waals surface area (Å²) in [6.07, 6.45) is 2.36. The van der Waals surface area contributed by atoms with Crippen LogP contribution in [0.25, 0.3) is 22.4 Å². The van der Waals surface area contributed by atoms with E-state index in [4.69, 9.17) is 4.52 Å². The van der Waals surface area contributed by atoms with Gasteiger partial charge in [0.05, 0.1) is 5.56 Å². The SMILES string of the molecule is CC(=O)Nc1cc(-c2c(-c3ccc(F)cc3)noc2NC(=O)CCc2ccccc2)ccn1. The highest BCUT2D eigenvalue weighted by Gasteiger charge is 2.22. The average molecular weight is 444 g/mol. The van der Waals surface area contributed by atoms with E-state index in [-0.39, 0.29) is 29.9 Å². The predicted molar refractivity (Wildman–Crippen MR) is 123 cm³/mol. The third-order valence-electron chi connectivity index (χ3n) is 4.90. The first kappa shape index (κ1) is 21.9. The molecule has 7 nitrogen and oxygen atoms in total. The molecule has 0 bridgehead atoms. The van der Waals surface area contributed by atoms with Crippen LogP contribution in [0.3, 0.4) is 0 Å². The summed E-state index contributed by atoms with van der Waals surface area (Å²) in [5, 5.41) is 9.56. The smallest absolute Gasteiger partial charge is 0.239 e. The van der Waals surface area contributed by atoms with Crippen LogP contribution in [0.2, 0.25) is 0 Å². The molecule has 33 heavy (non-hydrogen) atoms. The number of aryl methyl sites for hydroxylation is 1. The van der Waals surface area contributed by atoms with E-state index in [0.717, 1.165) is 5.56 Å². The standard InChI is InChI=1S/C25H21FN4O3/c1-16(31)28-21-15-19(13-14-27-21)23-24(18-8-10-20(26)11-9-18)30-33-25(23)29-22(32)12-7-17-5-3-2-4-6-17/h2-6,8-11,13-15H,7,12H2,1H3,(H,29,32)(H,27,28,31). The van der Waals surface area contributed by atoms with E-state index < -0.39 is 0 Å². The molecule has 0 saturated heterocycles. The number of rotatable bonds is 7. The van der Waals surface area contributed by atoms with Crippen LogP contribution in [0, 0.1) is 5.82 Å². The molecular weight excluding hydrogens is 423 g/mol. The molecule has 2 N–H and O–H groups in total. The van der Waals surface area contributed by atoms with Crippen molar-refractivity contribution >= 4 is 23.5 Å². The zero-order valence-electron chi connectivity index (χ0n) is 17.8. The normalized spacial score (nSPS) is 10.6. The van der Waals surface area contributed by atoms with Crippen molar-refractivity contribution in [1.29, 1.82) is 0 Å². The van der Waals surface area contributed by atoms with Crippen molar-refractivity contribution in [2.75, 3.05) is 10.6 Å². The fourth-order valence-corrected chi connectivity index (χ4v) is 3.37. The lowest BCUT2D eigenvalue weighted by Gasteiger charge is -2.08. The van der Waals surface area contributed by atoms with Crippen molar-refractivity contribution < 1.29 is 18.5 Å². The molecule has 0 aliphatic carbocycles. The quantitative estimate of drug-likeness (QED) is 0.415. The van der Waals surface area contributed by atoms with Crippen LogP contribution in [0.5, 0.6) is 0 Å². The molecule has 0 saturated carbocycles. The Kier molecular flexibility index (Phi) is 6.54. The monoisotopic (exact) mass is 444 g/mol. The van der Waals surface area contributed by atoms with Crippen molar-refractivity contribution in [3.05, 3.63) is 84.3 Å². The van der Waals surface area contributed by atoms with E-state index in [1.54, 1.807) is 24.3 Å². The molecule has 4 rings (SSSR count). The van der Waals surface area contributed by atoms with Gasteiger partial charge in [0.15, 0.2) is 0 Å². The van der Waals surface area contributed by atoms with Gasteiger partial charge in [-0.25, -0.2) is 9.37 Å². The molecule has 0 aliphatic rings. The zero-order valence-corrected chi connectivity index (χ0v) is 17.8. The van der Waals surface area contributed by atoms with Gasteiger partial charge in [0, 0.05) is 25.1 Å². The van der Waals surface area contributed by atoms with E-state index in [2.05, 4.69) is 20.8 Å². The molecule has 4 aromatic rings. The summed E-state index contributed by atoms with van der Waals surface area (Å²) < 4.78 is 18.9. The Morgan fingerprint density at radius 2 is 1.73 bits per heavy atom.